The van der Waals surface area contributed by atoms with Gasteiger partial charge in [0.25, 0.3) is 0 Å². The lowest BCUT2D eigenvalue weighted by Gasteiger charge is -2.29. The van der Waals surface area contributed by atoms with Crippen molar-refractivity contribution in [3.63, 3.8) is 0 Å². The number of hydrogen-bond acceptors (Lipinski definition) is 6. The number of fused-ring (bicyclic) bond motifs is 3. The SMILES string of the molecule is C=CCSc1nnc2c(n1)O[C@H](c1ccc(C)cc1)N(C(C)=O)c1ccccc1-2. The van der Waals surface area contributed by atoms with Crippen LogP contribution in [0.15, 0.2) is 66.3 Å². The first-order chi connectivity index (χ1) is 14.1. The Kier molecular flexibility index (Phi) is 5.31. The first-order valence-corrected chi connectivity index (χ1v) is 10.2. The summed E-state index contributed by atoms with van der Waals surface area (Å²) < 4.78 is 6.31. The molecule has 0 spiro atoms. The number of ether oxygens (including phenoxy) is 1. The molecule has 0 unspecified atom stereocenters. The maximum absolute atomic E-state index is 12.7. The summed E-state index contributed by atoms with van der Waals surface area (Å²) in [5, 5.41) is 9.10. The molecule has 3 aromatic rings. The van der Waals surface area contributed by atoms with E-state index in [0.717, 1.165) is 16.7 Å². The van der Waals surface area contributed by atoms with Gasteiger partial charge in [-0.2, -0.15) is 4.98 Å². The molecule has 6 nitrogen and oxygen atoms in total. The Morgan fingerprint density at radius 1 is 1.21 bits per heavy atom. The maximum atomic E-state index is 12.7. The Hall–Kier alpha value is -3.19. The highest BCUT2D eigenvalue weighted by Gasteiger charge is 2.34. The van der Waals surface area contributed by atoms with Gasteiger partial charge >= 0.3 is 0 Å². The second-order valence-electron chi connectivity index (χ2n) is 6.63. The zero-order chi connectivity index (χ0) is 20.4. The number of para-hydroxylation sites is 1. The van der Waals surface area contributed by atoms with Gasteiger partial charge in [0.15, 0.2) is 5.69 Å². The van der Waals surface area contributed by atoms with Gasteiger partial charge in [0.2, 0.25) is 23.2 Å². The van der Waals surface area contributed by atoms with Crippen LogP contribution in [0.3, 0.4) is 0 Å². The zero-order valence-corrected chi connectivity index (χ0v) is 17.0. The van der Waals surface area contributed by atoms with Gasteiger partial charge in [-0.3, -0.25) is 9.69 Å². The lowest BCUT2D eigenvalue weighted by Crippen LogP contribution is -2.36. The fraction of sp³-hybridized carbons (Fsp3) is 0.182. The van der Waals surface area contributed by atoms with E-state index in [9.17, 15) is 4.79 Å². The molecule has 29 heavy (non-hydrogen) atoms. The molecule has 2 aromatic carbocycles. The Labute approximate surface area is 173 Å². The summed E-state index contributed by atoms with van der Waals surface area (Å²) in [4.78, 5) is 18.9. The van der Waals surface area contributed by atoms with Crippen LogP contribution in [0.2, 0.25) is 0 Å². The monoisotopic (exact) mass is 404 g/mol. The number of carbonyl (C=O) groups excluding carboxylic acids is 1. The molecule has 1 atom stereocenters. The summed E-state index contributed by atoms with van der Waals surface area (Å²) in [6, 6.07) is 15.5. The summed E-state index contributed by atoms with van der Waals surface area (Å²) in [5.74, 6) is 0.885. The summed E-state index contributed by atoms with van der Waals surface area (Å²) in [5.41, 5.74) is 3.97. The minimum absolute atomic E-state index is 0.134. The lowest BCUT2D eigenvalue weighted by atomic mass is 10.1. The van der Waals surface area contributed by atoms with Crippen molar-refractivity contribution in [1.82, 2.24) is 15.2 Å². The maximum Gasteiger partial charge on any atom is 0.247 e. The van der Waals surface area contributed by atoms with E-state index < -0.39 is 6.23 Å². The van der Waals surface area contributed by atoms with Crippen molar-refractivity contribution in [2.75, 3.05) is 10.7 Å². The average molecular weight is 404 g/mol. The third-order valence-corrected chi connectivity index (χ3v) is 5.38. The highest BCUT2D eigenvalue weighted by molar-refractivity contribution is 7.99. The largest absolute Gasteiger partial charge is 0.447 e. The Morgan fingerprint density at radius 3 is 2.69 bits per heavy atom. The van der Waals surface area contributed by atoms with Crippen molar-refractivity contribution >= 4 is 23.4 Å². The summed E-state index contributed by atoms with van der Waals surface area (Å²) in [6.45, 7) is 7.27. The predicted octanol–water partition coefficient (Wildman–Crippen LogP) is 4.57. The number of benzene rings is 2. The van der Waals surface area contributed by atoms with Crippen molar-refractivity contribution in [3.05, 3.63) is 72.3 Å². The number of nitrogens with zero attached hydrogens (tertiary/aromatic N) is 4. The van der Waals surface area contributed by atoms with Crippen LogP contribution < -0.4 is 9.64 Å². The topological polar surface area (TPSA) is 68.2 Å². The highest BCUT2D eigenvalue weighted by atomic mass is 32.2. The van der Waals surface area contributed by atoms with Crippen molar-refractivity contribution in [2.45, 2.75) is 25.2 Å². The van der Waals surface area contributed by atoms with Crippen LogP contribution in [0.25, 0.3) is 11.3 Å². The summed E-state index contributed by atoms with van der Waals surface area (Å²) in [7, 11) is 0. The van der Waals surface area contributed by atoms with E-state index in [2.05, 4.69) is 21.8 Å². The smallest absolute Gasteiger partial charge is 0.247 e. The van der Waals surface area contributed by atoms with E-state index >= 15 is 0 Å². The third-order valence-electron chi connectivity index (χ3n) is 4.54. The number of aryl methyl sites for hydroxylation is 1. The molecule has 1 aliphatic heterocycles. The number of aromatic nitrogens is 3. The van der Waals surface area contributed by atoms with Crippen molar-refractivity contribution < 1.29 is 9.53 Å². The molecule has 0 N–H and O–H groups in total. The van der Waals surface area contributed by atoms with Crippen molar-refractivity contribution in [1.29, 1.82) is 0 Å². The Morgan fingerprint density at radius 2 is 1.97 bits per heavy atom. The minimum atomic E-state index is -0.663. The number of anilines is 1. The van der Waals surface area contributed by atoms with Gasteiger partial charge < -0.3 is 4.74 Å². The van der Waals surface area contributed by atoms with Crippen molar-refractivity contribution in [2.24, 2.45) is 0 Å². The molecule has 2 heterocycles. The van der Waals surface area contributed by atoms with Crippen LogP contribution in [0.1, 0.15) is 24.3 Å². The molecular formula is C22H20N4O2S. The van der Waals surface area contributed by atoms with Crippen LogP contribution in [0.5, 0.6) is 5.88 Å². The minimum Gasteiger partial charge on any atom is -0.447 e. The molecule has 7 heteroatoms. The fourth-order valence-electron chi connectivity index (χ4n) is 3.20. The van der Waals surface area contributed by atoms with Gasteiger partial charge in [0, 0.05) is 23.8 Å². The summed E-state index contributed by atoms with van der Waals surface area (Å²) in [6.07, 6.45) is 1.12. The van der Waals surface area contributed by atoms with Crippen LogP contribution in [0, 0.1) is 6.92 Å². The van der Waals surface area contributed by atoms with Gasteiger partial charge in [-0.25, -0.2) is 0 Å². The zero-order valence-electron chi connectivity index (χ0n) is 16.2. The van der Waals surface area contributed by atoms with Crippen LogP contribution in [-0.4, -0.2) is 26.8 Å². The van der Waals surface area contributed by atoms with E-state index in [-0.39, 0.29) is 5.91 Å². The number of thioether (sulfide) groups is 1. The van der Waals surface area contributed by atoms with E-state index in [1.165, 1.54) is 18.7 Å². The molecule has 1 aromatic heterocycles. The molecule has 0 saturated heterocycles. The third kappa shape index (κ3) is 3.73. The molecule has 0 fully saturated rings. The number of carbonyl (C=O) groups is 1. The molecule has 1 aliphatic rings. The highest BCUT2D eigenvalue weighted by Crippen LogP contribution is 2.43. The normalized spacial score (nSPS) is 15.0. The first-order valence-electron chi connectivity index (χ1n) is 9.19. The number of rotatable bonds is 4. The van der Waals surface area contributed by atoms with Gasteiger partial charge in [-0.15, -0.1) is 16.8 Å². The van der Waals surface area contributed by atoms with Crippen LogP contribution in [0.4, 0.5) is 5.69 Å². The average Bonchev–Trinajstić information content (AvgIpc) is 2.87. The van der Waals surface area contributed by atoms with Gasteiger partial charge in [0.05, 0.1) is 5.69 Å². The quantitative estimate of drug-likeness (QED) is 0.469. The lowest BCUT2D eigenvalue weighted by molar-refractivity contribution is -0.118. The van der Waals surface area contributed by atoms with Gasteiger partial charge in [0.1, 0.15) is 0 Å². The molecule has 1 amide bonds. The molecule has 4 rings (SSSR count). The summed E-state index contributed by atoms with van der Waals surface area (Å²) >= 11 is 1.42. The van der Waals surface area contributed by atoms with Crippen molar-refractivity contribution in [3.8, 4) is 17.1 Å². The first kappa shape index (κ1) is 19.1. The van der Waals surface area contributed by atoms with E-state index in [4.69, 9.17) is 4.74 Å². The molecule has 0 radical (unpaired) electrons. The standard InChI is InChI=1S/C22H20N4O2S/c1-4-13-29-22-23-20-19(24-25-22)17-7-5-6-8-18(17)26(15(3)27)21(28-20)16-11-9-14(2)10-12-16/h4-12,21H,1,13H2,2-3H3/t21-/m1/s1. The molecule has 0 aliphatic carbocycles. The Balaban J connectivity index is 1.90. The van der Waals surface area contributed by atoms with Gasteiger partial charge in [-0.1, -0.05) is 65.9 Å². The Bertz CT molecular complexity index is 1070. The van der Waals surface area contributed by atoms with E-state index in [1.807, 2.05) is 55.5 Å². The van der Waals surface area contributed by atoms with Gasteiger partial charge in [-0.05, 0) is 13.0 Å². The second kappa shape index (κ2) is 8.05. The van der Waals surface area contributed by atoms with Crippen LogP contribution >= 0.6 is 11.8 Å². The molecule has 146 valence electrons. The van der Waals surface area contributed by atoms with E-state index in [0.29, 0.717) is 28.2 Å². The van der Waals surface area contributed by atoms with E-state index in [1.54, 1.807) is 11.0 Å². The molecule has 0 saturated carbocycles. The number of amides is 1. The second-order valence-corrected chi connectivity index (χ2v) is 7.62. The fourth-order valence-corrected chi connectivity index (χ4v) is 3.71. The predicted molar refractivity (Wildman–Crippen MR) is 114 cm³/mol. The number of hydrogen-bond donors (Lipinski definition) is 0. The van der Waals surface area contributed by atoms with Crippen LogP contribution in [-0.2, 0) is 4.79 Å². The molecular weight excluding hydrogens is 384 g/mol. The molecule has 0 bridgehead atoms.